The van der Waals surface area contributed by atoms with E-state index in [0.29, 0.717) is 12.3 Å². The van der Waals surface area contributed by atoms with E-state index in [1.54, 1.807) is 0 Å². The van der Waals surface area contributed by atoms with Crippen LogP contribution in [0.15, 0.2) is 0 Å². The van der Waals surface area contributed by atoms with Crippen LogP contribution in [0.5, 0.6) is 0 Å². The first-order valence-corrected chi connectivity index (χ1v) is 5.68. The highest BCUT2D eigenvalue weighted by molar-refractivity contribution is 5.75. The lowest BCUT2D eigenvalue weighted by molar-refractivity contribution is -0.122. The maximum absolute atomic E-state index is 11.2. The highest BCUT2D eigenvalue weighted by Crippen LogP contribution is 2.26. The molecule has 1 amide bonds. The van der Waals surface area contributed by atoms with Crippen molar-refractivity contribution >= 4 is 5.91 Å². The number of carbonyl (C=O) groups excluding carboxylic acids is 1. The maximum Gasteiger partial charge on any atom is 0.220 e. The van der Waals surface area contributed by atoms with Crippen LogP contribution in [0.2, 0.25) is 0 Å². The number of nitrogens with one attached hydrogen (secondary N) is 1. The fraction of sp³-hybridized carbons (Fsp3) is 0.909. The molecule has 1 aliphatic rings. The van der Waals surface area contributed by atoms with Crippen molar-refractivity contribution in [1.29, 1.82) is 0 Å². The first kappa shape index (κ1) is 11.5. The summed E-state index contributed by atoms with van der Waals surface area (Å²) in [6, 6.07) is -0.0113. The van der Waals surface area contributed by atoms with Crippen molar-refractivity contribution in [2.75, 3.05) is 6.61 Å². The van der Waals surface area contributed by atoms with Gasteiger partial charge in [-0.15, -0.1) is 0 Å². The molecule has 1 aliphatic carbocycles. The Kier molecular flexibility index (Phi) is 4.94. The van der Waals surface area contributed by atoms with E-state index in [4.69, 9.17) is 0 Å². The van der Waals surface area contributed by atoms with Crippen molar-refractivity contribution in [2.24, 2.45) is 5.92 Å². The molecule has 1 fully saturated rings. The van der Waals surface area contributed by atoms with Gasteiger partial charge >= 0.3 is 0 Å². The number of hydrogen-bond donors (Lipinski definition) is 2. The summed E-state index contributed by atoms with van der Waals surface area (Å²) in [5, 5.41) is 12.1. The van der Waals surface area contributed by atoms with Crippen LogP contribution >= 0.6 is 0 Å². The summed E-state index contributed by atoms with van der Waals surface area (Å²) in [5.74, 6) is 0.541. The van der Waals surface area contributed by atoms with Crippen LogP contribution < -0.4 is 5.32 Å². The van der Waals surface area contributed by atoms with Gasteiger partial charge in [-0.2, -0.15) is 0 Å². The third-order valence-electron chi connectivity index (χ3n) is 3.08. The van der Waals surface area contributed by atoms with E-state index in [0.717, 1.165) is 12.8 Å². The molecule has 1 atom stereocenters. The number of amides is 1. The third-order valence-corrected chi connectivity index (χ3v) is 3.08. The molecule has 1 unspecified atom stereocenters. The maximum atomic E-state index is 11.2. The Morgan fingerprint density at radius 2 is 2.07 bits per heavy atom. The van der Waals surface area contributed by atoms with Gasteiger partial charge in [-0.3, -0.25) is 4.79 Å². The van der Waals surface area contributed by atoms with Crippen molar-refractivity contribution < 1.29 is 9.90 Å². The van der Waals surface area contributed by atoms with Crippen LogP contribution in [0.25, 0.3) is 0 Å². The molecule has 0 bridgehead atoms. The smallest absolute Gasteiger partial charge is 0.220 e. The third kappa shape index (κ3) is 3.29. The molecule has 0 saturated heterocycles. The van der Waals surface area contributed by atoms with Crippen LogP contribution in [0.1, 0.15) is 45.4 Å². The summed E-state index contributed by atoms with van der Waals surface area (Å²) in [6.07, 6.45) is 6.58. The zero-order chi connectivity index (χ0) is 10.4. The predicted molar refractivity (Wildman–Crippen MR) is 55.9 cm³/mol. The average molecular weight is 199 g/mol. The molecule has 82 valence electrons. The van der Waals surface area contributed by atoms with E-state index in [1.165, 1.54) is 19.3 Å². The van der Waals surface area contributed by atoms with E-state index in [2.05, 4.69) is 5.32 Å². The number of hydrogen-bond acceptors (Lipinski definition) is 2. The summed E-state index contributed by atoms with van der Waals surface area (Å²) in [7, 11) is 0. The summed E-state index contributed by atoms with van der Waals surface area (Å²) < 4.78 is 0. The van der Waals surface area contributed by atoms with Gasteiger partial charge in [-0.25, -0.2) is 0 Å². The fourth-order valence-electron chi connectivity index (χ4n) is 2.16. The molecular weight excluding hydrogens is 178 g/mol. The predicted octanol–water partition coefficient (Wildman–Crippen LogP) is 1.45. The Morgan fingerprint density at radius 3 is 2.57 bits per heavy atom. The minimum atomic E-state index is -0.0113. The molecule has 0 heterocycles. The van der Waals surface area contributed by atoms with Gasteiger partial charge in [-0.05, 0) is 18.8 Å². The van der Waals surface area contributed by atoms with Gasteiger partial charge in [0.2, 0.25) is 5.91 Å². The summed E-state index contributed by atoms with van der Waals surface area (Å²) >= 11 is 0. The standard InChI is InChI=1S/C11H21NO2/c1-2-11(14)12-10(8-13)9-6-4-3-5-7-9/h9-10,13H,2-8H2,1H3,(H,12,14). The average Bonchev–Trinajstić information content (AvgIpc) is 2.26. The molecule has 3 heteroatoms. The summed E-state index contributed by atoms with van der Waals surface area (Å²) in [5.41, 5.74) is 0. The normalized spacial score (nSPS) is 20.4. The molecule has 14 heavy (non-hydrogen) atoms. The highest BCUT2D eigenvalue weighted by atomic mass is 16.3. The molecule has 0 aromatic rings. The zero-order valence-corrected chi connectivity index (χ0v) is 8.96. The summed E-state index contributed by atoms with van der Waals surface area (Å²) in [4.78, 5) is 11.2. The Balaban J connectivity index is 2.39. The van der Waals surface area contributed by atoms with Crippen LogP contribution in [0, 0.1) is 5.92 Å². The lowest BCUT2D eigenvalue weighted by Crippen LogP contribution is -2.43. The van der Waals surface area contributed by atoms with Gasteiger partial charge in [0.05, 0.1) is 12.6 Å². The molecule has 1 saturated carbocycles. The highest BCUT2D eigenvalue weighted by Gasteiger charge is 2.23. The number of aliphatic hydroxyl groups is 1. The Morgan fingerprint density at radius 1 is 1.43 bits per heavy atom. The van der Waals surface area contributed by atoms with Gasteiger partial charge in [0.1, 0.15) is 0 Å². The summed E-state index contributed by atoms with van der Waals surface area (Å²) in [6.45, 7) is 1.92. The van der Waals surface area contributed by atoms with Crippen molar-refractivity contribution in [2.45, 2.75) is 51.5 Å². The molecule has 3 nitrogen and oxygen atoms in total. The van der Waals surface area contributed by atoms with Crippen LogP contribution in [0.4, 0.5) is 0 Å². The molecule has 0 radical (unpaired) electrons. The number of carbonyl (C=O) groups is 1. The van der Waals surface area contributed by atoms with Crippen molar-refractivity contribution in [3.63, 3.8) is 0 Å². The van der Waals surface area contributed by atoms with Gasteiger partial charge in [0.15, 0.2) is 0 Å². The van der Waals surface area contributed by atoms with Crippen molar-refractivity contribution in [3.05, 3.63) is 0 Å². The van der Waals surface area contributed by atoms with E-state index in [9.17, 15) is 9.90 Å². The van der Waals surface area contributed by atoms with E-state index in [-0.39, 0.29) is 18.6 Å². The van der Waals surface area contributed by atoms with Crippen molar-refractivity contribution in [1.82, 2.24) is 5.32 Å². The van der Waals surface area contributed by atoms with Gasteiger partial charge < -0.3 is 10.4 Å². The molecule has 0 aliphatic heterocycles. The first-order chi connectivity index (χ1) is 6.77. The monoisotopic (exact) mass is 199 g/mol. The Labute approximate surface area is 85.9 Å². The molecule has 0 aromatic heterocycles. The quantitative estimate of drug-likeness (QED) is 0.720. The number of rotatable bonds is 4. The van der Waals surface area contributed by atoms with E-state index >= 15 is 0 Å². The molecule has 1 rings (SSSR count). The van der Waals surface area contributed by atoms with Gasteiger partial charge in [0, 0.05) is 6.42 Å². The van der Waals surface area contributed by atoms with E-state index in [1.807, 2.05) is 6.92 Å². The molecule has 0 aromatic carbocycles. The molecule has 0 spiro atoms. The van der Waals surface area contributed by atoms with Crippen LogP contribution in [-0.4, -0.2) is 23.7 Å². The SMILES string of the molecule is CCC(=O)NC(CO)C1CCCCC1. The second-order valence-electron chi connectivity index (χ2n) is 4.11. The lowest BCUT2D eigenvalue weighted by Gasteiger charge is -2.29. The zero-order valence-electron chi connectivity index (χ0n) is 8.96. The minimum Gasteiger partial charge on any atom is -0.394 e. The molecular formula is C11H21NO2. The minimum absolute atomic E-state index is 0.0113. The fourth-order valence-corrected chi connectivity index (χ4v) is 2.16. The van der Waals surface area contributed by atoms with Gasteiger partial charge in [-0.1, -0.05) is 26.2 Å². The Hall–Kier alpha value is -0.570. The lowest BCUT2D eigenvalue weighted by atomic mass is 9.84. The van der Waals surface area contributed by atoms with Crippen LogP contribution in [-0.2, 0) is 4.79 Å². The van der Waals surface area contributed by atoms with E-state index < -0.39 is 0 Å². The first-order valence-electron chi connectivity index (χ1n) is 5.68. The molecule has 2 N–H and O–H groups in total. The largest absolute Gasteiger partial charge is 0.394 e. The number of aliphatic hydroxyl groups excluding tert-OH is 1. The topological polar surface area (TPSA) is 49.3 Å². The second kappa shape index (κ2) is 6.02. The van der Waals surface area contributed by atoms with Crippen LogP contribution in [0.3, 0.4) is 0 Å². The Bertz CT molecular complexity index is 176. The van der Waals surface area contributed by atoms with Crippen molar-refractivity contribution in [3.8, 4) is 0 Å². The second-order valence-corrected chi connectivity index (χ2v) is 4.11. The van der Waals surface area contributed by atoms with Gasteiger partial charge in [0.25, 0.3) is 0 Å².